The number of phosphoric acid groups is 2. The Hall–Kier alpha value is -1.94. The molecule has 0 bridgehead atoms. The van der Waals surface area contributed by atoms with Crippen molar-refractivity contribution < 1.29 is 80.2 Å². The standard InChI is InChI=1S/C77H150O17P2/c1-7-9-11-13-15-17-18-19-20-21-22-23-24-25-28-32-37-43-49-55-61-76(81)93-73(66-88-75(80)60-54-48-42-36-31-29-26-27-30-34-39-45-51-57-69(3)4)68-92-96(85,86)90-64-71(78)63-89-95(83,84)91-67-72(65-87-74(79)59-53-47-41-16-14-12-10-8-2)94-77(82)62-56-50-44-38-33-35-40-46-52-58-70(5)6/h69-73,78H,7-68H2,1-6H3,(H,83,84)(H,85,86)/t71-,72+,73+/m0/s1. The van der Waals surface area contributed by atoms with Gasteiger partial charge in [-0.2, -0.15) is 0 Å². The molecule has 5 atom stereocenters. The average molecular weight is 1410 g/mol. The van der Waals surface area contributed by atoms with Gasteiger partial charge in [0.05, 0.1) is 26.4 Å². The fraction of sp³-hybridized carbons (Fsp3) is 0.948. The Morgan fingerprint density at radius 2 is 0.479 bits per heavy atom. The molecule has 0 spiro atoms. The summed E-state index contributed by atoms with van der Waals surface area (Å²) >= 11 is 0. The van der Waals surface area contributed by atoms with Gasteiger partial charge in [0, 0.05) is 25.7 Å². The molecule has 0 aromatic carbocycles. The topological polar surface area (TPSA) is 237 Å². The number of aliphatic hydroxyl groups is 1. The first kappa shape index (κ1) is 94.1. The molecule has 0 aliphatic heterocycles. The average Bonchev–Trinajstić information content (AvgIpc) is 1.14. The van der Waals surface area contributed by atoms with Crippen LogP contribution in [-0.4, -0.2) is 96.7 Å². The number of hydrogen-bond acceptors (Lipinski definition) is 15. The van der Waals surface area contributed by atoms with Crippen molar-refractivity contribution in [2.75, 3.05) is 39.6 Å². The third kappa shape index (κ3) is 70.5. The Bertz CT molecular complexity index is 1860. The van der Waals surface area contributed by atoms with Crippen LogP contribution in [0.25, 0.3) is 0 Å². The molecular formula is C77H150O17P2. The number of hydrogen-bond donors (Lipinski definition) is 3. The maximum Gasteiger partial charge on any atom is 0.472 e. The molecule has 2 unspecified atom stereocenters. The zero-order chi connectivity index (χ0) is 70.7. The van der Waals surface area contributed by atoms with Crippen LogP contribution in [0.2, 0.25) is 0 Å². The van der Waals surface area contributed by atoms with Gasteiger partial charge in [0.2, 0.25) is 0 Å². The van der Waals surface area contributed by atoms with Gasteiger partial charge < -0.3 is 33.8 Å². The number of phosphoric ester groups is 2. The van der Waals surface area contributed by atoms with Crippen LogP contribution >= 0.6 is 15.6 Å². The van der Waals surface area contributed by atoms with E-state index in [4.69, 9.17) is 37.0 Å². The molecular weight excluding hydrogens is 1260 g/mol. The zero-order valence-corrected chi connectivity index (χ0v) is 64.5. The Balaban J connectivity index is 5.20. The van der Waals surface area contributed by atoms with Crippen molar-refractivity contribution in [3.8, 4) is 0 Å². The SMILES string of the molecule is CCCCCCCCCCCCCCCCCCCCCCC(=O)O[C@H](COC(=O)CCCCCCCCCCCCCCCC(C)C)COP(=O)(O)OC[C@@H](O)COP(=O)(O)OC[C@@H](COC(=O)CCCCCCCCCC)OC(=O)CCCCCCCCCCCC(C)C. The maximum atomic E-state index is 13.1. The number of carbonyl (C=O) groups is 4. The van der Waals surface area contributed by atoms with E-state index in [-0.39, 0.29) is 25.7 Å². The van der Waals surface area contributed by atoms with E-state index in [1.54, 1.807) is 0 Å². The predicted molar refractivity (Wildman–Crippen MR) is 391 cm³/mol. The molecule has 0 radical (unpaired) electrons. The van der Waals surface area contributed by atoms with E-state index in [0.29, 0.717) is 25.7 Å². The van der Waals surface area contributed by atoms with Crippen LogP contribution in [-0.2, 0) is 65.4 Å². The Kier molecular flexibility index (Phi) is 67.4. The summed E-state index contributed by atoms with van der Waals surface area (Å²) in [6, 6.07) is 0. The molecule has 0 saturated heterocycles. The Morgan fingerprint density at radius 1 is 0.281 bits per heavy atom. The van der Waals surface area contributed by atoms with Gasteiger partial charge in [-0.05, 0) is 37.5 Å². The quantitative estimate of drug-likeness (QED) is 0.0222. The molecule has 0 aromatic heterocycles. The van der Waals surface area contributed by atoms with Crippen LogP contribution in [0.15, 0.2) is 0 Å². The maximum absolute atomic E-state index is 13.1. The van der Waals surface area contributed by atoms with E-state index in [1.807, 2.05) is 0 Å². The van der Waals surface area contributed by atoms with Gasteiger partial charge in [0.15, 0.2) is 12.2 Å². The fourth-order valence-corrected chi connectivity index (χ4v) is 13.4. The highest BCUT2D eigenvalue weighted by Gasteiger charge is 2.30. The first-order chi connectivity index (χ1) is 46.4. The number of unbranched alkanes of at least 4 members (excludes halogenated alkanes) is 46. The molecule has 0 fully saturated rings. The third-order valence-electron chi connectivity index (χ3n) is 18.0. The van der Waals surface area contributed by atoms with Gasteiger partial charge in [0.25, 0.3) is 0 Å². The Morgan fingerprint density at radius 3 is 0.708 bits per heavy atom. The van der Waals surface area contributed by atoms with Gasteiger partial charge in [-0.15, -0.1) is 0 Å². The monoisotopic (exact) mass is 1410 g/mol. The van der Waals surface area contributed by atoms with Gasteiger partial charge in [-0.3, -0.25) is 37.3 Å². The highest BCUT2D eigenvalue weighted by Crippen LogP contribution is 2.45. The van der Waals surface area contributed by atoms with E-state index in [9.17, 15) is 43.2 Å². The molecule has 19 heteroatoms. The molecule has 17 nitrogen and oxygen atoms in total. The van der Waals surface area contributed by atoms with Crippen LogP contribution in [0.3, 0.4) is 0 Å². The molecule has 0 aliphatic carbocycles. The van der Waals surface area contributed by atoms with Gasteiger partial charge in [0.1, 0.15) is 19.3 Å². The highest BCUT2D eigenvalue weighted by molar-refractivity contribution is 7.47. The van der Waals surface area contributed by atoms with E-state index in [1.165, 1.54) is 212 Å². The largest absolute Gasteiger partial charge is 0.472 e. The van der Waals surface area contributed by atoms with Crippen LogP contribution in [0.1, 0.15) is 401 Å². The van der Waals surface area contributed by atoms with Crippen LogP contribution < -0.4 is 0 Å². The summed E-state index contributed by atoms with van der Waals surface area (Å²) in [6.45, 7) is 9.57. The zero-order valence-electron chi connectivity index (χ0n) is 62.7. The number of ether oxygens (including phenoxy) is 4. The Labute approximate surface area is 588 Å². The second-order valence-electron chi connectivity index (χ2n) is 28.7. The summed E-state index contributed by atoms with van der Waals surface area (Å²) in [7, 11) is -9.91. The van der Waals surface area contributed by atoms with Crippen molar-refractivity contribution in [1.82, 2.24) is 0 Å². The second-order valence-corrected chi connectivity index (χ2v) is 31.6. The van der Waals surface area contributed by atoms with Crippen LogP contribution in [0.5, 0.6) is 0 Å². The predicted octanol–water partition coefficient (Wildman–Crippen LogP) is 22.7. The van der Waals surface area contributed by atoms with E-state index >= 15 is 0 Å². The van der Waals surface area contributed by atoms with Crippen LogP contribution in [0.4, 0.5) is 0 Å². The van der Waals surface area contributed by atoms with Crippen molar-refractivity contribution in [1.29, 1.82) is 0 Å². The molecule has 96 heavy (non-hydrogen) atoms. The lowest BCUT2D eigenvalue weighted by atomic mass is 10.0. The molecule has 570 valence electrons. The summed E-state index contributed by atoms with van der Waals surface area (Å²) in [6.07, 6.45) is 57.0. The first-order valence-electron chi connectivity index (χ1n) is 40.0. The summed E-state index contributed by atoms with van der Waals surface area (Å²) in [5.74, 6) is -0.590. The summed E-state index contributed by atoms with van der Waals surface area (Å²) < 4.78 is 68.5. The van der Waals surface area contributed by atoms with Crippen molar-refractivity contribution in [2.24, 2.45) is 11.8 Å². The van der Waals surface area contributed by atoms with Crippen LogP contribution in [0, 0.1) is 11.8 Å². The number of aliphatic hydroxyl groups excluding tert-OH is 1. The molecule has 0 saturated carbocycles. The van der Waals surface area contributed by atoms with Crippen molar-refractivity contribution >= 4 is 39.5 Å². The molecule has 0 rings (SSSR count). The lowest BCUT2D eigenvalue weighted by molar-refractivity contribution is -0.161. The minimum atomic E-state index is -4.96. The van der Waals surface area contributed by atoms with Crippen molar-refractivity contribution in [3.63, 3.8) is 0 Å². The number of rotatable bonds is 76. The molecule has 0 aromatic rings. The van der Waals surface area contributed by atoms with Gasteiger partial charge in [-0.25, -0.2) is 9.13 Å². The first-order valence-corrected chi connectivity index (χ1v) is 43.0. The van der Waals surface area contributed by atoms with E-state index in [2.05, 4.69) is 41.5 Å². The summed E-state index contributed by atoms with van der Waals surface area (Å²) in [5.41, 5.74) is 0. The highest BCUT2D eigenvalue weighted by atomic mass is 31.2. The smallest absolute Gasteiger partial charge is 0.462 e. The molecule has 0 aliphatic rings. The minimum Gasteiger partial charge on any atom is -0.462 e. The third-order valence-corrected chi connectivity index (χ3v) is 19.9. The lowest BCUT2D eigenvalue weighted by Crippen LogP contribution is -2.30. The molecule has 3 N–H and O–H groups in total. The van der Waals surface area contributed by atoms with E-state index in [0.717, 1.165) is 108 Å². The fourth-order valence-electron chi connectivity index (χ4n) is 11.8. The molecule has 0 amide bonds. The van der Waals surface area contributed by atoms with Crippen molar-refractivity contribution in [2.45, 2.75) is 419 Å². The van der Waals surface area contributed by atoms with Gasteiger partial charge in [-0.1, -0.05) is 350 Å². The summed E-state index contributed by atoms with van der Waals surface area (Å²) in [5, 5.41) is 10.6. The molecule has 0 heterocycles. The number of esters is 4. The lowest BCUT2D eigenvalue weighted by Gasteiger charge is -2.21. The minimum absolute atomic E-state index is 0.105. The van der Waals surface area contributed by atoms with Crippen molar-refractivity contribution in [3.05, 3.63) is 0 Å². The summed E-state index contributed by atoms with van der Waals surface area (Å²) in [4.78, 5) is 72.7. The number of carbonyl (C=O) groups excluding carboxylic acids is 4. The normalized spacial score (nSPS) is 14.0. The second kappa shape index (κ2) is 68.8. The van der Waals surface area contributed by atoms with Gasteiger partial charge >= 0.3 is 39.5 Å². The van der Waals surface area contributed by atoms with E-state index < -0.39 is 97.5 Å².